The maximum absolute atomic E-state index is 12.5. The number of carboxylic acid groups (broad SMARTS) is 1. The number of rotatable bonds is 2. The molecular formula is C15H17NO4S. The van der Waals surface area contributed by atoms with Crippen molar-refractivity contribution in [3.8, 4) is 5.75 Å². The summed E-state index contributed by atoms with van der Waals surface area (Å²) in [6, 6.07) is 7.64. The smallest absolute Gasteiger partial charge is 0.311 e. The van der Waals surface area contributed by atoms with Gasteiger partial charge in [-0.2, -0.15) is 0 Å². The Morgan fingerprint density at radius 1 is 1.43 bits per heavy atom. The molecule has 0 saturated carbocycles. The van der Waals surface area contributed by atoms with Crippen molar-refractivity contribution in [3.63, 3.8) is 0 Å². The molecule has 1 N–H and O–H groups in total. The first-order valence-corrected chi connectivity index (χ1v) is 7.89. The molecule has 0 spiro atoms. The summed E-state index contributed by atoms with van der Waals surface area (Å²) in [4.78, 5) is 26.4. The summed E-state index contributed by atoms with van der Waals surface area (Å²) in [6.07, 6.45) is -0.0362. The molecule has 6 heteroatoms. The summed E-state index contributed by atoms with van der Waals surface area (Å²) in [7, 11) is 0. The first-order chi connectivity index (χ1) is 9.99. The summed E-state index contributed by atoms with van der Waals surface area (Å²) in [6.45, 7) is 2.43. The maximum Gasteiger partial charge on any atom is 0.311 e. The Kier molecular flexibility index (Phi) is 3.57. The molecule has 1 saturated heterocycles. The van der Waals surface area contributed by atoms with Crippen LogP contribution in [-0.4, -0.2) is 46.8 Å². The first kappa shape index (κ1) is 14.3. The van der Waals surface area contributed by atoms with Gasteiger partial charge < -0.3 is 14.7 Å². The van der Waals surface area contributed by atoms with Crippen LogP contribution in [0.2, 0.25) is 0 Å². The standard InChI is InChI=1S/C15H17NO4S/c1-15(14(18)19)6-7-16(9-15)13(17)11-8-21-12-5-3-2-4-10(12)20-11/h2-5,11H,6-9H2,1H3,(H,18,19)/t11-,15-/m1/s1. The van der Waals surface area contributed by atoms with Gasteiger partial charge in [-0.15, -0.1) is 11.8 Å². The number of hydrogen-bond donors (Lipinski definition) is 1. The first-order valence-electron chi connectivity index (χ1n) is 6.90. The summed E-state index contributed by atoms with van der Waals surface area (Å²) in [5.41, 5.74) is -0.838. The van der Waals surface area contributed by atoms with E-state index >= 15 is 0 Å². The molecule has 0 aromatic heterocycles. The minimum atomic E-state index is -0.845. The van der Waals surface area contributed by atoms with Crippen LogP contribution in [0, 0.1) is 5.41 Å². The monoisotopic (exact) mass is 307 g/mol. The highest BCUT2D eigenvalue weighted by Crippen LogP contribution is 2.36. The Morgan fingerprint density at radius 2 is 2.19 bits per heavy atom. The number of thioether (sulfide) groups is 1. The van der Waals surface area contributed by atoms with E-state index < -0.39 is 17.5 Å². The van der Waals surface area contributed by atoms with E-state index in [2.05, 4.69) is 0 Å². The molecule has 21 heavy (non-hydrogen) atoms. The zero-order valence-corrected chi connectivity index (χ0v) is 12.6. The van der Waals surface area contributed by atoms with Crippen molar-refractivity contribution in [2.24, 2.45) is 5.41 Å². The molecule has 1 aromatic rings. The van der Waals surface area contributed by atoms with Gasteiger partial charge in [0.25, 0.3) is 5.91 Å². The summed E-state index contributed by atoms with van der Waals surface area (Å²) in [5.74, 6) is 0.340. The maximum atomic E-state index is 12.5. The van der Waals surface area contributed by atoms with E-state index in [-0.39, 0.29) is 12.5 Å². The van der Waals surface area contributed by atoms with Crippen LogP contribution in [0.5, 0.6) is 5.75 Å². The fourth-order valence-electron chi connectivity index (χ4n) is 2.67. The van der Waals surface area contributed by atoms with E-state index in [1.165, 1.54) is 0 Å². The molecule has 2 aliphatic heterocycles. The Bertz CT molecular complexity index is 591. The van der Waals surface area contributed by atoms with Gasteiger partial charge in [0.15, 0.2) is 6.10 Å². The summed E-state index contributed by atoms with van der Waals surface area (Å²) in [5, 5.41) is 9.24. The Balaban J connectivity index is 1.69. The lowest BCUT2D eigenvalue weighted by Gasteiger charge is -2.28. The summed E-state index contributed by atoms with van der Waals surface area (Å²) < 4.78 is 5.78. The van der Waals surface area contributed by atoms with Gasteiger partial charge in [0.2, 0.25) is 0 Å². The second-order valence-corrected chi connectivity index (χ2v) is 6.80. The van der Waals surface area contributed by atoms with Gasteiger partial charge in [-0.3, -0.25) is 9.59 Å². The van der Waals surface area contributed by atoms with Gasteiger partial charge in [0, 0.05) is 23.7 Å². The van der Waals surface area contributed by atoms with Crippen molar-refractivity contribution in [3.05, 3.63) is 24.3 Å². The zero-order chi connectivity index (χ0) is 15.0. The predicted molar refractivity (Wildman–Crippen MR) is 78.5 cm³/mol. The minimum absolute atomic E-state index is 0.109. The zero-order valence-electron chi connectivity index (χ0n) is 11.7. The van der Waals surface area contributed by atoms with Gasteiger partial charge in [0.1, 0.15) is 5.75 Å². The van der Waals surface area contributed by atoms with Crippen LogP contribution in [0.25, 0.3) is 0 Å². The lowest BCUT2D eigenvalue weighted by molar-refractivity contribution is -0.147. The van der Waals surface area contributed by atoms with Crippen molar-refractivity contribution in [1.82, 2.24) is 4.90 Å². The number of aliphatic carboxylic acids is 1. The molecule has 1 amide bonds. The normalized spacial score (nSPS) is 27.9. The third kappa shape index (κ3) is 2.60. The van der Waals surface area contributed by atoms with E-state index in [9.17, 15) is 14.7 Å². The fraction of sp³-hybridized carbons (Fsp3) is 0.467. The third-order valence-electron chi connectivity index (χ3n) is 4.09. The number of carbonyl (C=O) groups excluding carboxylic acids is 1. The van der Waals surface area contributed by atoms with Crippen LogP contribution in [0.1, 0.15) is 13.3 Å². The minimum Gasteiger partial charge on any atom is -0.481 e. The number of fused-ring (bicyclic) bond motifs is 1. The van der Waals surface area contributed by atoms with Crippen LogP contribution in [-0.2, 0) is 9.59 Å². The largest absolute Gasteiger partial charge is 0.481 e. The molecule has 0 radical (unpaired) electrons. The third-order valence-corrected chi connectivity index (χ3v) is 5.20. The highest BCUT2D eigenvalue weighted by atomic mass is 32.2. The van der Waals surface area contributed by atoms with E-state index in [0.29, 0.717) is 18.7 Å². The van der Waals surface area contributed by atoms with Crippen molar-refractivity contribution in [2.75, 3.05) is 18.8 Å². The lowest BCUT2D eigenvalue weighted by atomic mass is 9.90. The molecule has 0 aliphatic carbocycles. The second-order valence-electron chi connectivity index (χ2n) is 5.74. The number of carbonyl (C=O) groups is 2. The second kappa shape index (κ2) is 5.26. The Labute approximate surface area is 127 Å². The van der Waals surface area contributed by atoms with E-state index in [1.807, 2.05) is 24.3 Å². The molecule has 1 fully saturated rings. The number of benzene rings is 1. The van der Waals surface area contributed by atoms with Gasteiger partial charge >= 0.3 is 5.97 Å². The molecule has 5 nitrogen and oxygen atoms in total. The number of carboxylic acids is 1. The number of nitrogens with zero attached hydrogens (tertiary/aromatic N) is 1. The number of hydrogen-bond acceptors (Lipinski definition) is 4. The highest BCUT2D eigenvalue weighted by Gasteiger charge is 2.44. The van der Waals surface area contributed by atoms with Crippen molar-refractivity contribution in [1.29, 1.82) is 0 Å². The lowest BCUT2D eigenvalue weighted by Crippen LogP contribution is -2.44. The predicted octanol–water partition coefficient (Wildman–Crippen LogP) is 1.86. The van der Waals surface area contributed by atoms with Crippen LogP contribution in [0.4, 0.5) is 0 Å². The molecule has 0 bridgehead atoms. The molecule has 2 atom stereocenters. The van der Waals surface area contributed by atoms with Crippen LogP contribution in [0.3, 0.4) is 0 Å². The van der Waals surface area contributed by atoms with Crippen molar-refractivity contribution >= 4 is 23.6 Å². The topological polar surface area (TPSA) is 66.8 Å². The molecule has 112 valence electrons. The molecule has 2 heterocycles. The van der Waals surface area contributed by atoms with Gasteiger partial charge in [-0.25, -0.2) is 0 Å². The van der Waals surface area contributed by atoms with Crippen molar-refractivity contribution in [2.45, 2.75) is 24.3 Å². The van der Waals surface area contributed by atoms with Gasteiger partial charge in [-0.05, 0) is 25.5 Å². The highest BCUT2D eigenvalue weighted by molar-refractivity contribution is 7.99. The number of amides is 1. The van der Waals surface area contributed by atoms with Crippen LogP contribution >= 0.6 is 11.8 Å². The van der Waals surface area contributed by atoms with Gasteiger partial charge in [0.05, 0.1) is 5.41 Å². The SMILES string of the molecule is C[C@@]1(C(=O)O)CCN(C(=O)[C@H]2CSc3ccccc3O2)C1. The average molecular weight is 307 g/mol. The van der Waals surface area contributed by atoms with Crippen LogP contribution < -0.4 is 4.74 Å². The van der Waals surface area contributed by atoms with Gasteiger partial charge in [-0.1, -0.05) is 12.1 Å². The summed E-state index contributed by atoms with van der Waals surface area (Å²) >= 11 is 1.60. The van der Waals surface area contributed by atoms with E-state index in [4.69, 9.17) is 4.74 Å². The van der Waals surface area contributed by atoms with Crippen molar-refractivity contribution < 1.29 is 19.4 Å². The number of para-hydroxylation sites is 1. The molecule has 2 aliphatic rings. The average Bonchev–Trinajstić information content (AvgIpc) is 2.90. The molecular weight excluding hydrogens is 290 g/mol. The number of likely N-dealkylation sites (tertiary alicyclic amines) is 1. The molecule has 0 unspecified atom stereocenters. The Hall–Kier alpha value is -1.69. The molecule has 1 aromatic carbocycles. The quantitative estimate of drug-likeness (QED) is 0.903. The fourth-order valence-corrected chi connectivity index (χ4v) is 3.64. The van der Waals surface area contributed by atoms with E-state index in [0.717, 1.165) is 10.6 Å². The molecule has 3 rings (SSSR count). The van der Waals surface area contributed by atoms with E-state index in [1.54, 1.807) is 23.6 Å². The Morgan fingerprint density at radius 3 is 2.90 bits per heavy atom. The number of ether oxygens (including phenoxy) is 1. The van der Waals surface area contributed by atoms with Crippen LogP contribution in [0.15, 0.2) is 29.2 Å².